The Balaban J connectivity index is 1.43. The van der Waals surface area contributed by atoms with Crippen molar-refractivity contribution in [3.63, 3.8) is 0 Å². The van der Waals surface area contributed by atoms with E-state index in [1.807, 2.05) is 6.07 Å². The van der Waals surface area contributed by atoms with E-state index in [1.165, 1.54) is 6.07 Å². The van der Waals surface area contributed by atoms with Gasteiger partial charge >= 0.3 is 0 Å². The number of anilines is 3. The van der Waals surface area contributed by atoms with Gasteiger partial charge in [0.1, 0.15) is 11.6 Å². The molecule has 1 aliphatic rings. The highest BCUT2D eigenvalue weighted by Gasteiger charge is 2.27. The highest BCUT2D eigenvalue weighted by Crippen LogP contribution is 2.40. The van der Waals surface area contributed by atoms with Gasteiger partial charge in [-0.25, -0.2) is 9.37 Å². The van der Waals surface area contributed by atoms with Crippen LogP contribution in [0.3, 0.4) is 0 Å². The Morgan fingerprint density at radius 3 is 2.57 bits per heavy atom. The maximum atomic E-state index is 14.1. The molecule has 4 rings (SSSR count). The first kappa shape index (κ1) is 26.5. The SMILES string of the molecule is COc1cc(Nc2nccc(N3CCCC(C(=O)NCc4ccc(Br)cc4F)C3)n2)cc(OC)c1OC. The summed E-state index contributed by atoms with van der Waals surface area (Å²) in [6, 6.07) is 10.2. The quantitative estimate of drug-likeness (QED) is 0.381. The average Bonchev–Trinajstić information content (AvgIpc) is 2.92. The van der Waals surface area contributed by atoms with Crippen LogP contribution in [0, 0.1) is 11.7 Å². The first-order chi connectivity index (χ1) is 17.9. The van der Waals surface area contributed by atoms with E-state index in [0.717, 1.165) is 19.4 Å². The Hall–Kier alpha value is -3.60. The third-order valence-corrected chi connectivity index (χ3v) is 6.64. The van der Waals surface area contributed by atoms with Crippen LogP contribution in [-0.4, -0.2) is 50.3 Å². The topological polar surface area (TPSA) is 97.8 Å². The minimum absolute atomic E-state index is 0.100. The van der Waals surface area contributed by atoms with Gasteiger partial charge in [-0.15, -0.1) is 0 Å². The molecule has 9 nitrogen and oxygen atoms in total. The van der Waals surface area contributed by atoms with E-state index < -0.39 is 0 Å². The van der Waals surface area contributed by atoms with Crippen LogP contribution in [0.1, 0.15) is 18.4 Å². The lowest BCUT2D eigenvalue weighted by molar-refractivity contribution is -0.125. The molecule has 2 heterocycles. The van der Waals surface area contributed by atoms with E-state index >= 15 is 0 Å². The van der Waals surface area contributed by atoms with Gasteiger partial charge in [-0.2, -0.15) is 4.98 Å². The van der Waals surface area contributed by atoms with Crippen LogP contribution in [0.4, 0.5) is 21.8 Å². The molecule has 1 saturated heterocycles. The van der Waals surface area contributed by atoms with Crippen molar-refractivity contribution < 1.29 is 23.4 Å². The van der Waals surface area contributed by atoms with Gasteiger partial charge in [0.05, 0.1) is 27.2 Å². The van der Waals surface area contributed by atoms with Gasteiger partial charge in [0, 0.05) is 53.7 Å². The number of rotatable bonds is 9. The van der Waals surface area contributed by atoms with Crippen LogP contribution in [0.5, 0.6) is 17.2 Å². The second kappa shape index (κ2) is 12.1. The van der Waals surface area contributed by atoms with Crippen LogP contribution >= 0.6 is 15.9 Å². The number of nitrogens with one attached hydrogen (secondary N) is 2. The fourth-order valence-electron chi connectivity index (χ4n) is 4.26. The van der Waals surface area contributed by atoms with E-state index in [9.17, 15) is 9.18 Å². The molecular weight excluding hydrogens is 545 g/mol. The molecule has 0 spiro atoms. The summed E-state index contributed by atoms with van der Waals surface area (Å²) in [5, 5.41) is 6.06. The lowest BCUT2D eigenvalue weighted by Crippen LogP contribution is -2.43. The van der Waals surface area contributed by atoms with Gasteiger partial charge in [0.2, 0.25) is 17.6 Å². The number of halogens is 2. The van der Waals surface area contributed by atoms with Gasteiger partial charge in [0.15, 0.2) is 11.5 Å². The Bertz CT molecular complexity index is 1240. The number of ether oxygens (including phenoxy) is 3. The first-order valence-electron chi connectivity index (χ1n) is 11.8. The molecular formula is C26H29BrFN5O4. The van der Waals surface area contributed by atoms with Crippen LogP contribution in [0.25, 0.3) is 0 Å². The van der Waals surface area contributed by atoms with E-state index in [0.29, 0.717) is 51.3 Å². The minimum Gasteiger partial charge on any atom is -0.493 e. The number of carbonyl (C=O) groups is 1. The number of piperidine rings is 1. The smallest absolute Gasteiger partial charge is 0.229 e. The second-order valence-corrected chi connectivity index (χ2v) is 9.43. The Kier molecular flexibility index (Phi) is 8.65. The van der Waals surface area contributed by atoms with Gasteiger partial charge < -0.3 is 29.7 Å². The van der Waals surface area contributed by atoms with E-state index in [2.05, 4.69) is 41.4 Å². The molecule has 37 heavy (non-hydrogen) atoms. The normalized spacial score (nSPS) is 15.2. The number of hydrogen-bond acceptors (Lipinski definition) is 8. The standard InChI is InChI=1S/C26H29BrFN5O4/c1-35-21-12-19(13-22(36-2)24(21)37-3)31-26-29-9-8-23(32-26)33-10-4-5-17(15-33)25(34)30-14-16-6-7-18(27)11-20(16)28/h6-9,11-13,17H,4-5,10,14-15H2,1-3H3,(H,30,34)(H,29,31,32). The number of hydrogen-bond donors (Lipinski definition) is 2. The summed E-state index contributed by atoms with van der Waals surface area (Å²) in [4.78, 5) is 23.9. The van der Waals surface area contributed by atoms with Crippen LogP contribution in [0.2, 0.25) is 0 Å². The Labute approximate surface area is 223 Å². The summed E-state index contributed by atoms with van der Waals surface area (Å²) in [6.07, 6.45) is 3.26. The van der Waals surface area contributed by atoms with Crippen molar-refractivity contribution in [2.24, 2.45) is 5.92 Å². The fraction of sp³-hybridized carbons (Fsp3) is 0.346. The third kappa shape index (κ3) is 6.40. The van der Waals surface area contributed by atoms with Gasteiger partial charge in [-0.05, 0) is 31.0 Å². The van der Waals surface area contributed by atoms with E-state index in [1.54, 1.807) is 51.8 Å². The molecule has 2 N–H and O–H groups in total. The summed E-state index contributed by atoms with van der Waals surface area (Å²) in [5.74, 6) is 1.93. The molecule has 0 radical (unpaired) electrons. The van der Waals surface area contributed by atoms with Crippen molar-refractivity contribution in [1.82, 2.24) is 15.3 Å². The second-order valence-electron chi connectivity index (χ2n) is 8.52. The van der Waals surface area contributed by atoms with Crippen molar-refractivity contribution >= 4 is 39.3 Å². The van der Waals surface area contributed by atoms with Crippen molar-refractivity contribution in [3.8, 4) is 17.2 Å². The van der Waals surface area contributed by atoms with Gasteiger partial charge in [-0.3, -0.25) is 4.79 Å². The van der Waals surface area contributed by atoms with E-state index in [4.69, 9.17) is 14.2 Å². The average molecular weight is 574 g/mol. The Morgan fingerprint density at radius 2 is 1.89 bits per heavy atom. The summed E-state index contributed by atoms with van der Waals surface area (Å²) < 4.78 is 31.0. The summed E-state index contributed by atoms with van der Waals surface area (Å²) in [7, 11) is 4.65. The molecule has 1 amide bonds. The highest BCUT2D eigenvalue weighted by atomic mass is 79.9. The number of benzene rings is 2. The van der Waals surface area contributed by atoms with Crippen LogP contribution in [-0.2, 0) is 11.3 Å². The lowest BCUT2D eigenvalue weighted by atomic mass is 9.97. The molecule has 3 aromatic rings. The highest BCUT2D eigenvalue weighted by molar-refractivity contribution is 9.10. The van der Waals surface area contributed by atoms with Gasteiger partial charge in [-0.1, -0.05) is 22.0 Å². The zero-order valence-corrected chi connectivity index (χ0v) is 22.5. The predicted molar refractivity (Wildman–Crippen MR) is 142 cm³/mol. The summed E-state index contributed by atoms with van der Waals surface area (Å²) in [6.45, 7) is 1.42. The van der Waals surface area contributed by atoms with Crippen LogP contribution < -0.4 is 29.7 Å². The number of aromatic nitrogens is 2. The zero-order valence-electron chi connectivity index (χ0n) is 20.9. The number of amides is 1. The molecule has 0 saturated carbocycles. The molecule has 196 valence electrons. The fourth-order valence-corrected chi connectivity index (χ4v) is 4.59. The monoisotopic (exact) mass is 573 g/mol. The summed E-state index contributed by atoms with van der Waals surface area (Å²) >= 11 is 3.25. The van der Waals surface area contributed by atoms with Crippen molar-refractivity contribution in [3.05, 3.63) is 58.4 Å². The molecule has 1 atom stereocenters. The largest absolute Gasteiger partial charge is 0.493 e. The number of methoxy groups -OCH3 is 3. The molecule has 0 bridgehead atoms. The van der Waals surface area contributed by atoms with Gasteiger partial charge in [0.25, 0.3) is 0 Å². The summed E-state index contributed by atoms with van der Waals surface area (Å²) in [5.41, 5.74) is 1.12. The number of nitrogens with zero attached hydrogens (tertiary/aromatic N) is 3. The molecule has 1 aliphatic heterocycles. The molecule has 1 fully saturated rings. The maximum Gasteiger partial charge on any atom is 0.229 e. The van der Waals surface area contributed by atoms with Crippen molar-refractivity contribution in [1.29, 1.82) is 0 Å². The van der Waals surface area contributed by atoms with Crippen molar-refractivity contribution in [2.45, 2.75) is 19.4 Å². The first-order valence-corrected chi connectivity index (χ1v) is 12.6. The molecule has 11 heteroatoms. The molecule has 1 unspecified atom stereocenters. The predicted octanol–water partition coefficient (Wildman–Crippen LogP) is 4.68. The third-order valence-electron chi connectivity index (χ3n) is 6.15. The lowest BCUT2D eigenvalue weighted by Gasteiger charge is -2.33. The van der Waals surface area contributed by atoms with E-state index in [-0.39, 0.29) is 24.2 Å². The zero-order chi connectivity index (χ0) is 26.4. The minimum atomic E-state index is -0.354. The molecule has 2 aromatic carbocycles. The number of carbonyl (C=O) groups excluding carboxylic acids is 1. The van der Waals surface area contributed by atoms with Crippen molar-refractivity contribution in [2.75, 3.05) is 44.6 Å². The maximum absolute atomic E-state index is 14.1. The molecule has 1 aromatic heterocycles. The molecule has 0 aliphatic carbocycles. The Morgan fingerprint density at radius 1 is 1.14 bits per heavy atom. The van der Waals surface area contributed by atoms with Crippen LogP contribution in [0.15, 0.2) is 47.1 Å².